The molecule has 0 fully saturated rings. The summed E-state index contributed by atoms with van der Waals surface area (Å²) in [6, 6.07) is 6.72. The Morgan fingerprint density at radius 3 is 2.68 bits per heavy atom. The van der Waals surface area contributed by atoms with Crippen LogP contribution in [-0.2, 0) is 11.3 Å². The summed E-state index contributed by atoms with van der Waals surface area (Å²) >= 11 is 0. The molecule has 4 heteroatoms. The summed E-state index contributed by atoms with van der Waals surface area (Å²) in [5, 5.41) is 6.60. The molecule has 0 heterocycles. The smallest absolute Gasteiger partial charge is 0.191 e. The van der Waals surface area contributed by atoms with Crippen molar-refractivity contribution in [3.63, 3.8) is 0 Å². The normalized spacial score (nSPS) is 13.2. The molecule has 0 spiro atoms. The third-order valence-corrected chi connectivity index (χ3v) is 2.97. The van der Waals surface area contributed by atoms with Crippen LogP contribution in [0.3, 0.4) is 0 Å². The van der Waals surface area contributed by atoms with E-state index in [1.807, 2.05) is 0 Å². The fourth-order valence-corrected chi connectivity index (χ4v) is 1.94. The van der Waals surface area contributed by atoms with E-state index in [1.165, 1.54) is 16.7 Å². The summed E-state index contributed by atoms with van der Waals surface area (Å²) in [6.45, 7) is 7.73. The maximum absolute atomic E-state index is 5.10. The summed E-state index contributed by atoms with van der Waals surface area (Å²) in [6.07, 6.45) is 0. The highest BCUT2D eigenvalue weighted by molar-refractivity contribution is 5.79. The summed E-state index contributed by atoms with van der Waals surface area (Å²) in [4.78, 5) is 4.21. The maximum Gasteiger partial charge on any atom is 0.191 e. The molecule has 1 aromatic carbocycles. The van der Waals surface area contributed by atoms with E-state index >= 15 is 0 Å². The summed E-state index contributed by atoms with van der Waals surface area (Å²) in [5.41, 5.74) is 3.87. The number of guanidine groups is 1. The van der Waals surface area contributed by atoms with Gasteiger partial charge in [-0.15, -0.1) is 0 Å². The Kier molecular flexibility index (Phi) is 6.36. The molecule has 2 N–H and O–H groups in total. The monoisotopic (exact) mass is 263 g/mol. The molecule has 1 atom stereocenters. The molecule has 0 saturated heterocycles. The van der Waals surface area contributed by atoms with Crippen molar-refractivity contribution in [3.8, 4) is 0 Å². The van der Waals surface area contributed by atoms with Crippen LogP contribution in [0.25, 0.3) is 0 Å². The second kappa shape index (κ2) is 7.79. The van der Waals surface area contributed by atoms with Gasteiger partial charge >= 0.3 is 0 Å². The Morgan fingerprint density at radius 2 is 2.11 bits per heavy atom. The number of rotatable bonds is 5. The highest BCUT2D eigenvalue weighted by atomic mass is 16.5. The van der Waals surface area contributed by atoms with Crippen molar-refractivity contribution in [3.05, 3.63) is 34.9 Å². The van der Waals surface area contributed by atoms with Crippen LogP contribution < -0.4 is 10.6 Å². The minimum Gasteiger partial charge on any atom is -0.383 e. The first kappa shape index (κ1) is 15.5. The first-order chi connectivity index (χ1) is 9.06. The minimum atomic E-state index is 0.232. The number of nitrogens with one attached hydrogen (secondary N) is 2. The van der Waals surface area contributed by atoms with Gasteiger partial charge in [-0.3, -0.25) is 4.99 Å². The Hall–Kier alpha value is -1.55. The van der Waals surface area contributed by atoms with E-state index in [1.54, 1.807) is 14.2 Å². The lowest BCUT2D eigenvalue weighted by atomic mass is 10.1. The number of aryl methyl sites for hydroxylation is 2. The molecule has 4 nitrogen and oxygen atoms in total. The highest BCUT2D eigenvalue weighted by Crippen LogP contribution is 2.09. The van der Waals surface area contributed by atoms with Crippen LogP contribution in [0.2, 0.25) is 0 Å². The summed E-state index contributed by atoms with van der Waals surface area (Å²) in [7, 11) is 3.47. The van der Waals surface area contributed by atoms with Gasteiger partial charge in [-0.1, -0.05) is 23.8 Å². The number of aliphatic imine (C=N–C) groups is 1. The van der Waals surface area contributed by atoms with Crippen LogP contribution in [0.1, 0.15) is 23.6 Å². The van der Waals surface area contributed by atoms with Crippen LogP contribution in [0.4, 0.5) is 0 Å². The third-order valence-electron chi connectivity index (χ3n) is 2.97. The summed E-state index contributed by atoms with van der Waals surface area (Å²) in [5.74, 6) is 0.796. The number of methoxy groups -OCH3 is 1. The fraction of sp³-hybridized carbons (Fsp3) is 0.533. The molecule has 1 unspecified atom stereocenters. The van der Waals surface area contributed by atoms with Gasteiger partial charge in [-0.25, -0.2) is 0 Å². The standard InChI is InChI=1S/C15H25N3O/c1-11-6-7-14(12(2)8-11)9-17-15(16-4)18-13(3)10-19-5/h6-8,13H,9-10H2,1-5H3,(H2,16,17,18). The minimum absolute atomic E-state index is 0.232. The predicted octanol–water partition coefficient (Wildman–Crippen LogP) is 2.00. The molecular weight excluding hydrogens is 238 g/mol. The summed E-state index contributed by atoms with van der Waals surface area (Å²) < 4.78 is 5.10. The first-order valence-electron chi connectivity index (χ1n) is 6.59. The number of ether oxygens (including phenoxy) is 1. The highest BCUT2D eigenvalue weighted by Gasteiger charge is 2.05. The van der Waals surface area contributed by atoms with Gasteiger partial charge in [0, 0.05) is 26.7 Å². The zero-order chi connectivity index (χ0) is 14.3. The Balaban J connectivity index is 2.54. The predicted molar refractivity (Wildman–Crippen MR) is 80.6 cm³/mol. The van der Waals surface area contributed by atoms with Crippen molar-refractivity contribution in [2.24, 2.45) is 4.99 Å². The average molecular weight is 263 g/mol. The van der Waals surface area contributed by atoms with Gasteiger partial charge in [0.25, 0.3) is 0 Å². The van der Waals surface area contributed by atoms with Gasteiger partial charge in [0.05, 0.1) is 6.61 Å². The van der Waals surface area contributed by atoms with Gasteiger partial charge in [0.15, 0.2) is 5.96 Å². The van der Waals surface area contributed by atoms with E-state index in [4.69, 9.17) is 4.74 Å². The molecule has 1 aromatic rings. The van der Waals surface area contributed by atoms with Crippen molar-refractivity contribution in [2.45, 2.75) is 33.4 Å². The molecule has 0 aliphatic carbocycles. The first-order valence-corrected chi connectivity index (χ1v) is 6.59. The Morgan fingerprint density at radius 1 is 1.37 bits per heavy atom. The third kappa shape index (κ3) is 5.30. The van der Waals surface area contributed by atoms with Crippen LogP contribution in [-0.4, -0.2) is 32.8 Å². The molecule has 106 valence electrons. The van der Waals surface area contributed by atoms with Gasteiger partial charge in [0.2, 0.25) is 0 Å². The number of nitrogens with zero attached hydrogens (tertiary/aromatic N) is 1. The Bertz CT molecular complexity index is 429. The lowest BCUT2D eigenvalue weighted by Gasteiger charge is -2.17. The van der Waals surface area contributed by atoms with Gasteiger partial charge in [0.1, 0.15) is 0 Å². The zero-order valence-corrected chi connectivity index (χ0v) is 12.6. The van der Waals surface area contributed by atoms with Crippen molar-refractivity contribution in [1.82, 2.24) is 10.6 Å². The second-order valence-electron chi connectivity index (χ2n) is 4.86. The average Bonchev–Trinajstić information content (AvgIpc) is 2.36. The quantitative estimate of drug-likeness (QED) is 0.631. The maximum atomic E-state index is 5.10. The van der Waals surface area contributed by atoms with Gasteiger partial charge in [-0.2, -0.15) is 0 Å². The lowest BCUT2D eigenvalue weighted by Crippen LogP contribution is -2.43. The van der Waals surface area contributed by atoms with Crippen molar-refractivity contribution in [1.29, 1.82) is 0 Å². The molecule has 0 aliphatic rings. The van der Waals surface area contributed by atoms with Crippen molar-refractivity contribution < 1.29 is 4.74 Å². The van der Waals surface area contributed by atoms with Gasteiger partial charge < -0.3 is 15.4 Å². The molecule has 0 amide bonds. The van der Waals surface area contributed by atoms with Crippen LogP contribution in [0.5, 0.6) is 0 Å². The van der Waals surface area contributed by atoms with E-state index in [2.05, 4.69) is 54.6 Å². The molecule has 0 aliphatic heterocycles. The van der Waals surface area contributed by atoms with Crippen LogP contribution >= 0.6 is 0 Å². The largest absolute Gasteiger partial charge is 0.383 e. The van der Waals surface area contributed by atoms with Crippen molar-refractivity contribution >= 4 is 5.96 Å². The fourth-order valence-electron chi connectivity index (χ4n) is 1.94. The van der Waals surface area contributed by atoms with E-state index in [-0.39, 0.29) is 6.04 Å². The lowest BCUT2D eigenvalue weighted by molar-refractivity contribution is 0.179. The van der Waals surface area contributed by atoms with Gasteiger partial charge in [-0.05, 0) is 31.9 Å². The molecular formula is C15H25N3O. The molecule has 19 heavy (non-hydrogen) atoms. The van der Waals surface area contributed by atoms with E-state index in [0.717, 1.165) is 12.5 Å². The van der Waals surface area contributed by atoms with E-state index < -0.39 is 0 Å². The molecule has 1 rings (SSSR count). The van der Waals surface area contributed by atoms with Crippen LogP contribution in [0.15, 0.2) is 23.2 Å². The number of hydrogen-bond acceptors (Lipinski definition) is 2. The zero-order valence-electron chi connectivity index (χ0n) is 12.6. The molecule has 0 radical (unpaired) electrons. The number of benzene rings is 1. The number of hydrogen-bond donors (Lipinski definition) is 2. The Labute approximate surface area is 116 Å². The van der Waals surface area contributed by atoms with Crippen LogP contribution in [0, 0.1) is 13.8 Å². The van der Waals surface area contributed by atoms with E-state index in [9.17, 15) is 0 Å². The van der Waals surface area contributed by atoms with E-state index in [0.29, 0.717) is 6.61 Å². The second-order valence-corrected chi connectivity index (χ2v) is 4.86. The molecule has 0 aromatic heterocycles. The molecule has 0 bridgehead atoms. The molecule has 0 saturated carbocycles. The van der Waals surface area contributed by atoms with Crippen molar-refractivity contribution in [2.75, 3.05) is 20.8 Å². The SMILES string of the molecule is CN=C(NCc1ccc(C)cc1C)NC(C)COC. The topological polar surface area (TPSA) is 45.7 Å².